The third-order valence-electron chi connectivity index (χ3n) is 2.45. The van der Waals surface area contributed by atoms with E-state index in [1.54, 1.807) is 0 Å². The van der Waals surface area contributed by atoms with Crippen LogP contribution < -0.4 is 5.73 Å². The molecule has 0 bridgehead atoms. The summed E-state index contributed by atoms with van der Waals surface area (Å²) in [6, 6.07) is -0.534. The Morgan fingerprint density at radius 1 is 1.57 bits per heavy atom. The smallest absolute Gasteiger partial charge is 0.323 e. The fourth-order valence-corrected chi connectivity index (χ4v) is 1.54. The van der Waals surface area contributed by atoms with Crippen LogP contribution in [0.3, 0.4) is 0 Å². The summed E-state index contributed by atoms with van der Waals surface area (Å²) < 4.78 is 10.8. The molecule has 2 unspecified atom stereocenters. The van der Waals surface area contributed by atoms with Crippen molar-refractivity contribution in [2.75, 3.05) is 6.61 Å². The normalized spacial score (nSPS) is 35.4. The number of hydrogen-bond acceptors (Lipinski definition) is 4. The van der Waals surface area contributed by atoms with Crippen LogP contribution in [0.2, 0.25) is 0 Å². The molecular weight excluding hydrogens is 182 g/mol. The van der Waals surface area contributed by atoms with Crippen LogP contribution >= 0.6 is 0 Å². The molecule has 1 fully saturated rings. The summed E-state index contributed by atoms with van der Waals surface area (Å²) in [4.78, 5) is 11.3. The number of esters is 1. The number of carbonyl (C=O) groups excluding carboxylic acids is 1. The van der Waals surface area contributed by atoms with Gasteiger partial charge in [-0.1, -0.05) is 6.92 Å². The van der Waals surface area contributed by atoms with Gasteiger partial charge in [-0.15, -0.1) is 0 Å². The van der Waals surface area contributed by atoms with E-state index >= 15 is 0 Å². The molecule has 1 heterocycles. The Bertz CT molecular complexity index is 196. The summed E-state index contributed by atoms with van der Waals surface area (Å²) >= 11 is 0. The second kappa shape index (κ2) is 5.32. The van der Waals surface area contributed by atoms with Gasteiger partial charge in [-0.25, -0.2) is 0 Å². The van der Waals surface area contributed by atoms with Gasteiger partial charge in [0.15, 0.2) is 0 Å². The van der Waals surface area contributed by atoms with Crippen LogP contribution in [0.5, 0.6) is 0 Å². The van der Waals surface area contributed by atoms with Gasteiger partial charge in [0.25, 0.3) is 0 Å². The molecule has 1 saturated heterocycles. The van der Waals surface area contributed by atoms with Crippen molar-refractivity contribution in [3.05, 3.63) is 0 Å². The number of carbonyl (C=O) groups is 1. The number of rotatable bonds is 1. The third-order valence-corrected chi connectivity index (χ3v) is 2.45. The molecule has 0 aromatic heterocycles. The van der Waals surface area contributed by atoms with E-state index in [1.165, 1.54) is 0 Å². The first-order valence-electron chi connectivity index (χ1n) is 5.21. The minimum atomic E-state index is -0.534. The fourth-order valence-electron chi connectivity index (χ4n) is 1.54. The molecule has 0 aromatic carbocycles. The minimum absolute atomic E-state index is 0.100. The predicted octanol–water partition coefficient (Wildman–Crippen LogP) is 0.834. The van der Waals surface area contributed by atoms with Gasteiger partial charge in [0.1, 0.15) is 12.1 Å². The van der Waals surface area contributed by atoms with Crippen LogP contribution in [0, 0.1) is 0 Å². The highest BCUT2D eigenvalue weighted by molar-refractivity contribution is 5.75. The van der Waals surface area contributed by atoms with Crippen molar-refractivity contribution in [2.24, 2.45) is 5.73 Å². The zero-order valence-electron chi connectivity index (χ0n) is 8.86. The minimum Gasteiger partial charge on any atom is -0.461 e. The van der Waals surface area contributed by atoms with Crippen LogP contribution in [-0.2, 0) is 14.3 Å². The van der Waals surface area contributed by atoms with Crippen molar-refractivity contribution in [3.63, 3.8) is 0 Å². The molecule has 4 heteroatoms. The molecule has 3 atom stereocenters. The summed E-state index contributed by atoms with van der Waals surface area (Å²) in [7, 11) is 0. The molecule has 0 radical (unpaired) electrons. The summed E-state index contributed by atoms with van der Waals surface area (Å²) in [6.07, 6.45) is 2.33. The maximum Gasteiger partial charge on any atom is 0.323 e. The number of cyclic esters (lactones) is 1. The van der Waals surface area contributed by atoms with Crippen molar-refractivity contribution in [2.45, 2.75) is 51.4 Å². The van der Waals surface area contributed by atoms with Gasteiger partial charge in [-0.3, -0.25) is 4.79 Å². The van der Waals surface area contributed by atoms with Crippen molar-refractivity contribution in [1.82, 2.24) is 0 Å². The predicted molar refractivity (Wildman–Crippen MR) is 52.8 cm³/mol. The lowest BCUT2D eigenvalue weighted by molar-refractivity contribution is -0.150. The average Bonchev–Trinajstić information content (AvgIpc) is 2.19. The molecule has 0 aromatic rings. The highest BCUT2D eigenvalue weighted by atomic mass is 16.5. The third kappa shape index (κ3) is 3.27. The van der Waals surface area contributed by atoms with E-state index in [0.717, 1.165) is 12.8 Å². The van der Waals surface area contributed by atoms with E-state index in [0.29, 0.717) is 13.0 Å². The topological polar surface area (TPSA) is 61.5 Å². The number of hydrogen-bond donors (Lipinski definition) is 1. The summed E-state index contributed by atoms with van der Waals surface area (Å²) in [5.41, 5.74) is 5.61. The maximum atomic E-state index is 11.3. The van der Waals surface area contributed by atoms with E-state index in [-0.39, 0.29) is 18.2 Å². The van der Waals surface area contributed by atoms with E-state index in [2.05, 4.69) is 6.92 Å². The van der Waals surface area contributed by atoms with Crippen LogP contribution in [0.1, 0.15) is 33.1 Å². The fraction of sp³-hybridized carbons (Fsp3) is 0.900. The Hall–Kier alpha value is -0.610. The van der Waals surface area contributed by atoms with Crippen molar-refractivity contribution in [1.29, 1.82) is 0 Å². The van der Waals surface area contributed by atoms with E-state index in [9.17, 15) is 4.79 Å². The molecule has 2 N–H and O–H groups in total. The molecule has 14 heavy (non-hydrogen) atoms. The zero-order valence-corrected chi connectivity index (χ0v) is 8.86. The van der Waals surface area contributed by atoms with Gasteiger partial charge in [0, 0.05) is 13.0 Å². The van der Waals surface area contributed by atoms with Gasteiger partial charge in [0.05, 0.1) is 6.10 Å². The van der Waals surface area contributed by atoms with Gasteiger partial charge in [0.2, 0.25) is 0 Å². The molecule has 1 aliphatic heterocycles. The maximum absolute atomic E-state index is 11.3. The van der Waals surface area contributed by atoms with Crippen LogP contribution in [0.25, 0.3) is 0 Å². The molecule has 0 spiro atoms. The highest BCUT2D eigenvalue weighted by Crippen LogP contribution is 2.13. The van der Waals surface area contributed by atoms with Gasteiger partial charge in [-0.2, -0.15) is 0 Å². The Morgan fingerprint density at radius 2 is 2.29 bits per heavy atom. The zero-order chi connectivity index (χ0) is 10.6. The molecule has 0 saturated carbocycles. The van der Waals surface area contributed by atoms with Crippen LogP contribution in [0.4, 0.5) is 0 Å². The van der Waals surface area contributed by atoms with Crippen molar-refractivity contribution < 1.29 is 14.3 Å². The lowest BCUT2D eigenvalue weighted by atomic mass is 10.1. The first-order chi connectivity index (χ1) is 6.63. The summed E-state index contributed by atoms with van der Waals surface area (Å²) in [6.45, 7) is 4.49. The lowest BCUT2D eigenvalue weighted by Gasteiger charge is -2.18. The molecule has 1 aliphatic rings. The van der Waals surface area contributed by atoms with Crippen LogP contribution in [-0.4, -0.2) is 30.8 Å². The Morgan fingerprint density at radius 3 is 2.93 bits per heavy atom. The second-order valence-electron chi connectivity index (χ2n) is 3.78. The molecule has 0 aliphatic carbocycles. The monoisotopic (exact) mass is 201 g/mol. The Kier molecular flexibility index (Phi) is 4.35. The largest absolute Gasteiger partial charge is 0.461 e. The molecule has 4 nitrogen and oxygen atoms in total. The SMILES string of the molecule is CCC1CC(C)OC(=O)[C@@H](N)CCO1. The van der Waals surface area contributed by atoms with Crippen LogP contribution in [0.15, 0.2) is 0 Å². The Balaban J connectivity index is 2.55. The molecule has 82 valence electrons. The lowest BCUT2D eigenvalue weighted by Crippen LogP contribution is -2.34. The molecule has 0 amide bonds. The standard InChI is InChI=1S/C10H19NO3/c1-3-8-6-7(2)14-10(12)9(11)4-5-13-8/h7-9H,3-6,11H2,1-2H3/t7?,8?,9-/m0/s1. The molecule has 1 rings (SSSR count). The number of ether oxygens (including phenoxy) is 2. The van der Waals surface area contributed by atoms with Gasteiger partial charge >= 0.3 is 5.97 Å². The number of nitrogens with two attached hydrogens (primary N) is 1. The van der Waals surface area contributed by atoms with E-state index in [1.807, 2.05) is 6.92 Å². The van der Waals surface area contributed by atoms with E-state index < -0.39 is 6.04 Å². The van der Waals surface area contributed by atoms with Gasteiger partial charge in [-0.05, 0) is 19.8 Å². The molecular formula is C10H19NO3. The highest BCUT2D eigenvalue weighted by Gasteiger charge is 2.23. The first-order valence-corrected chi connectivity index (χ1v) is 5.21. The van der Waals surface area contributed by atoms with E-state index in [4.69, 9.17) is 15.2 Å². The summed E-state index contributed by atoms with van der Waals surface area (Å²) in [5.74, 6) is -0.308. The quantitative estimate of drug-likeness (QED) is 0.638. The average molecular weight is 201 g/mol. The second-order valence-corrected chi connectivity index (χ2v) is 3.78. The van der Waals surface area contributed by atoms with Crippen molar-refractivity contribution in [3.8, 4) is 0 Å². The Labute approximate surface area is 84.7 Å². The van der Waals surface area contributed by atoms with Crippen molar-refractivity contribution >= 4 is 5.97 Å². The van der Waals surface area contributed by atoms with Gasteiger partial charge < -0.3 is 15.2 Å². The first kappa shape index (κ1) is 11.5. The summed E-state index contributed by atoms with van der Waals surface area (Å²) in [5, 5.41) is 0.